The predicted molar refractivity (Wildman–Crippen MR) is 440 cm³/mol. The Hall–Kier alpha value is -12.2. The molecule has 112 heavy (non-hydrogen) atoms. The Morgan fingerprint density at radius 1 is 0.384 bits per heavy atom. The highest BCUT2D eigenvalue weighted by atomic mass is 32.1. The van der Waals surface area contributed by atoms with Crippen LogP contribution in [0.25, 0.3) is 42.3 Å². The van der Waals surface area contributed by atoms with Crippen molar-refractivity contribution in [2.24, 2.45) is 20.0 Å². The lowest BCUT2D eigenvalue weighted by Gasteiger charge is -2.24. The number of benzene rings is 8. The fourth-order valence-electron chi connectivity index (χ4n) is 15.0. The van der Waals surface area contributed by atoms with Gasteiger partial charge in [0.05, 0.1) is 52.6 Å². The van der Waals surface area contributed by atoms with Gasteiger partial charge in [-0.05, 0) is 113 Å². The van der Waals surface area contributed by atoms with Gasteiger partial charge >= 0.3 is 30.3 Å². The summed E-state index contributed by atoms with van der Waals surface area (Å²) >= 11 is 5.94. The number of aromatic nitrogens is 4. The summed E-state index contributed by atoms with van der Waals surface area (Å²) in [4.78, 5) is 92.3. The van der Waals surface area contributed by atoms with Crippen LogP contribution in [-0.4, -0.2) is 95.1 Å². The fraction of sp³-hybridized carbons (Fsp3) is 0.200. The maximum atomic E-state index is 12.8. The molecule has 12 aromatic rings. The van der Waals surface area contributed by atoms with Crippen LogP contribution < -0.4 is 40.9 Å². The SMILES string of the molecule is Cc1csc(-c2ccc(C3CNC(=O)N3c3ccc4c(c3)N=CC4)cc2)n1.O=C1NCC(c2ccc(-c3nc(C(F)(F)F)cs3)cc2)N1c1ccc2c(c1)N=CC2.O=C1NCC(c2ccc(-c3nc(C4CC4)cs3)cc2)N1c1ccc2c(c1)N=CC2.O=C1NCC(c2ccc(-c3nccs3)cc2)N1c1ccc2c(c1)N=CC2. The number of aliphatic imine (C=N–C) groups is 4. The maximum Gasteiger partial charge on any atom is 0.434 e. The minimum Gasteiger partial charge on any atom is -0.335 e. The van der Waals surface area contributed by atoms with Gasteiger partial charge in [-0.3, -0.25) is 39.6 Å². The zero-order valence-corrected chi connectivity index (χ0v) is 63.4. The van der Waals surface area contributed by atoms with Crippen molar-refractivity contribution in [2.45, 2.75) is 81.7 Å². The van der Waals surface area contributed by atoms with Crippen LogP contribution in [0.5, 0.6) is 0 Å². The lowest BCUT2D eigenvalue weighted by atomic mass is 10.0. The molecule has 0 radical (unpaired) electrons. The third-order valence-electron chi connectivity index (χ3n) is 21.0. The maximum absolute atomic E-state index is 12.8. The van der Waals surface area contributed by atoms with Crippen molar-refractivity contribution in [3.8, 4) is 42.3 Å². The first-order valence-electron chi connectivity index (χ1n) is 36.8. The number of halogens is 3. The van der Waals surface area contributed by atoms with Crippen molar-refractivity contribution in [2.75, 3.05) is 45.8 Å². The number of thiazole rings is 4. The first-order valence-corrected chi connectivity index (χ1v) is 40.3. The van der Waals surface area contributed by atoms with E-state index < -0.39 is 11.9 Å². The average molecular weight is 1560 g/mol. The van der Waals surface area contributed by atoms with Crippen LogP contribution in [0.3, 0.4) is 0 Å². The molecule has 12 heterocycles. The normalized spacial score (nSPS) is 18.6. The Morgan fingerprint density at radius 3 is 1.03 bits per heavy atom. The van der Waals surface area contributed by atoms with E-state index in [9.17, 15) is 32.3 Å². The van der Waals surface area contributed by atoms with Crippen LogP contribution >= 0.6 is 45.3 Å². The van der Waals surface area contributed by atoms with Crippen molar-refractivity contribution < 1.29 is 32.3 Å². The fourth-order valence-corrected chi connectivity index (χ4v) is 18.2. The van der Waals surface area contributed by atoms with Gasteiger partial charge in [0.1, 0.15) is 20.0 Å². The highest BCUT2D eigenvalue weighted by molar-refractivity contribution is 7.14. The number of nitrogens with one attached hydrogen (secondary N) is 4. The van der Waals surface area contributed by atoms with E-state index in [0.717, 1.165) is 153 Å². The Balaban J connectivity index is 0.000000104. The Bertz CT molecular complexity index is 5740. The van der Waals surface area contributed by atoms with E-state index in [1.165, 1.54) is 35.2 Å². The van der Waals surface area contributed by atoms with Gasteiger partial charge in [0, 0.05) is 161 Å². The standard InChI is InChI=1S/C23H20N4OS.C21H15F3N4OS.C21H18N4OS.C20H16N4OS/c28-23-25-12-21(27(23)18-8-7-15-9-10-24-19(15)11-18)16-3-5-17(6-4-16)22-26-20(13-29-22)14-1-2-14;22-21(23,24)18-11-30-19(27-18)14-3-1-13(2-4-14)17-10-26-20(29)28(17)15-6-5-12-7-8-25-16(12)9-15;1-13-12-27-20(24-13)16-4-2-15(3-5-16)19-11-23-21(26)25(19)17-7-6-14-8-9-22-18(14)10-17;25-20-23-12-18(14-1-3-15(4-2-14)19-22-9-10-26-19)24(20)16-6-5-13-7-8-21-17(13)11-16/h3-8,10-11,13-14,21H,1-2,9,12H2,(H,25,28);1-6,8-9,11,17H,7,10H2,(H,26,29);2-7,9-10,12,19H,8,11H2,1H3,(H,23,26);1-6,8-11,18H,7,12H2,(H,23,25). The number of fused-ring (bicyclic) bond motifs is 4. The van der Waals surface area contributed by atoms with E-state index in [1.807, 2.05) is 125 Å². The monoisotopic (exact) mass is 1560 g/mol. The van der Waals surface area contributed by atoms with Gasteiger partial charge in [0.25, 0.3) is 0 Å². The van der Waals surface area contributed by atoms with Gasteiger partial charge in [-0.2, -0.15) is 13.2 Å². The summed E-state index contributed by atoms with van der Waals surface area (Å²) in [6.07, 6.45) is 10.9. The Labute approximate surface area is 658 Å². The third-order valence-corrected chi connectivity index (χ3v) is 24.6. The van der Waals surface area contributed by atoms with Crippen LogP contribution in [0.4, 0.5) is 77.8 Å². The number of hydrogen-bond acceptors (Lipinski definition) is 16. The van der Waals surface area contributed by atoms with Crippen molar-refractivity contribution in [1.29, 1.82) is 0 Å². The van der Waals surface area contributed by atoms with Crippen LogP contribution in [0.1, 0.15) is 105 Å². The van der Waals surface area contributed by atoms with Gasteiger partial charge in [0.15, 0.2) is 5.69 Å². The molecule has 4 saturated heterocycles. The van der Waals surface area contributed by atoms with Gasteiger partial charge in [-0.25, -0.2) is 39.1 Å². The van der Waals surface area contributed by atoms with Crippen molar-refractivity contribution >= 4 is 140 Å². The molecule has 27 heteroatoms. The highest BCUT2D eigenvalue weighted by Crippen LogP contribution is 2.45. The lowest BCUT2D eigenvalue weighted by molar-refractivity contribution is -0.140. The molecule has 20 nitrogen and oxygen atoms in total. The molecule has 0 spiro atoms. The molecule has 4 N–H and O–H groups in total. The summed E-state index contributed by atoms with van der Waals surface area (Å²) in [5.41, 5.74) is 21.5. The number of rotatable bonds is 13. The number of amides is 8. The van der Waals surface area contributed by atoms with Crippen molar-refractivity contribution in [3.05, 3.63) is 259 Å². The van der Waals surface area contributed by atoms with E-state index in [1.54, 1.807) is 51.0 Å². The van der Waals surface area contributed by atoms with Gasteiger partial charge in [-0.15, -0.1) is 45.3 Å². The van der Waals surface area contributed by atoms with E-state index in [-0.39, 0.29) is 48.3 Å². The van der Waals surface area contributed by atoms with Crippen LogP contribution in [-0.2, 0) is 31.9 Å². The first-order chi connectivity index (χ1) is 54.6. The molecule has 1 aliphatic carbocycles. The number of nitrogens with zero attached hydrogens (tertiary/aromatic N) is 12. The average Bonchev–Trinajstić information content (AvgIpc) is 1.64. The number of aryl methyl sites for hydroxylation is 1. The van der Waals surface area contributed by atoms with Crippen LogP contribution in [0.15, 0.2) is 218 Å². The van der Waals surface area contributed by atoms with Gasteiger partial charge < -0.3 is 21.3 Å². The topological polar surface area (TPSA) is 230 Å². The van der Waals surface area contributed by atoms with Crippen molar-refractivity contribution in [3.63, 3.8) is 0 Å². The second-order valence-corrected chi connectivity index (χ2v) is 31.6. The van der Waals surface area contributed by atoms with Gasteiger partial charge in [-0.1, -0.05) is 121 Å². The molecule has 8 aliphatic heterocycles. The second-order valence-electron chi connectivity index (χ2n) is 28.1. The Morgan fingerprint density at radius 2 is 0.714 bits per heavy atom. The number of urea groups is 4. The molecular formula is C85H69F3N16O4S4. The summed E-state index contributed by atoms with van der Waals surface area (Å²) in [5, 5.41) is 22.4. The van der Waals surface area contributed by atoms with Crippen molar-refractivity contribution in [1.82, 2.24) is 41.2 Å². The molecule has 4 atom stereocenters. The molecular weight excluding hydrogens is 1490 g/mol. The Kier molecular flexibility index (Phi) is 19.3. The molecule has 4 unspecified atom stereocenters. The minimum absolute atomic E-state index is 0.0293. The number of alkyl halides is 3. The summed E-state index contributed by atoms with van der Waals surface area (Å²) < 4.78 is 38.4. The summed E-state index contributed by atoms with van der Waals surface area (Å²) in [5.74, 6) is 0.681. The molecule has 9 aliphatic rings. The lowest BCUT2D eigenvalue weighted by Crippen LogP contribution is -2.29. The molecule has 4 aromatic heterocycles. The van der Waals surface area contributed by atoms with Crippen LogP contribution in [0.2, 0.25) is 0 Å². The minimum atomic E-state index is -4.45. The number of carbonyl (C=O) groups is 4. The molecule has 21 rings (SSSR count). The second kappa shape index (κ2) is 30.2. The summed E-state index contributed by atoms with van der Waals surface area (Å²) in [6, 6.07) is 55.6. The van der Waals surface area contributed by atoms with E-state index in [4.69, 9.17) is 4.98 Å². The number of anilines is 4. The van der Waals surface area contributed by atoms with E-state index in [0.29, 0.717) is 42.7 Å². The number of carbonyl (C=O) groups excluding carboxylic acids is 4. The van der Waals surface area contributed by atoms with E-state index in [2.05, 4.69) is 158 Å². The smallest absolute Gasteiger partial charge is 0.335 e. The molecule has 5 fully saturated rings. The first kappa shape index (κ1) is 71.4. The molecule has 8 amide bonds. The highest BCUT2D eigenvalue weighted by Gasteiger charge is 2.39. The molecule has 1 saturated carbocycles. The largest absolute Gasteiger partial charge is 0.434 e. The molecule has 0 bridgehead atoms. The van der Waals surface area contributed by atoms with E-state index >= 15 is 0 Å². The predicted octanol–water partition coefficient (Wildman–Crippen LogP) is 19.6. The summed E-state index contributed by atoms with van der Waals surface area (Å²) in [7, 11) is 0. The number of hydrogen-bond donors (Lipinski definition) is 4. The quantitative estimate of drug-likeness (QED) is 0.0865. The van der Waals surface area contributed by atoms with Gasteiger partial charge in [0.2, 0.25) is 0 Å². The zero-order chi connectivity index (χ0) is 76.1. The zero-order valence-electron chi connectivity index (χ0n) is 60.1. The molecule has 558 valence electrons. The molecule has 8 aromatic carbocycles. The third kappa shape index (κ3) is 14.6. The van der Waals surface area contributed by atoms with Crippen LogP contribution in [0, 0.1) is 6.92 Å². The summed E-state index contributed by atoms with van der Waals surface area (Å²) in [6.45, 7) is 4.23.